The molecule has 6 nitrogen and oxygen atoms in total. The highest BCUT2D eigenvalue weighted by molar-refractivity contribution is 5.11. The lowest BCUT2D eigenvalue weighted by Crippen LogP contribution is -2.73. The van der Waals surface area contributed by atoms with E-state index in [-0.39, 0.29) is 24.4 Å². The van der Waals surface area contributed by atoms with Gasteiger partial charge in [-0.05, 0) is 57.3 Å². The highest BCUT2D eigenvalue weighted by Gasteiger charge is 2.72. The van der Waals surface area contributed by atoms with Crippen molar-refractivity contribution in [3.05, 3.63) is 0 Å². The van der Waals surface area contributed by atoms with Crippen LogP contribution in [0.5, 0.6) is 0 Å². The minimum atomic E-state index is -1.32. The largest absolute Gasteiger partial charge is 0.396 e. The maximum Gasteiger partial charge on any atom is 0.202 e. The molecule has 0 aromatic rings. The van der Waals surface area contributed by atoms with Gasteiger partial charge in [-0.1, -0.05) is 13.8 Å². The van der Waals surface area contributed by atoms with Gasteiger partial charge in [0.1, 0.15) is 6.67 Å². The van der Waals surface area contributed by atoms with Crippen LogP contribution in [-0.4, -0.2) is 48.5 Å². The number of ether oxygens (including phenoxy) is 3. The number of hydrogen-bond donors (Lipinski definition) is 1. The summed E-state index contributed by atoms with van der Waals surface area (Å²) < 4.78 is 33.1. The third-order valence-electron chi connectivity index (χ3n) is 7.71. The summed E-state index contributed by atoms with van der Waals surface area (Å²) in [5, 5.41) is 8.94. The molecule has 2 bridgehead atoms. The number of halogens is 1. The van der Waals surface area contributed by atoms with Crippen LogP contribution in [0.2, 0.25) is 0 Å². The van der Waals surface area contributed by atoms with Gasteiger partial charge >= 0.3 is 0 Å². The molecule has 0 aromatic carbocycles. The number of unbranched alkanes of at least 4 members (excludes halogenated alkanes) is 2. The number of fused-ring (bicyclic) bond motifs is 2. The normalized spacial score (nSPS) is 50.2. The first kappa shape index (κ1) is 20.9. The first-order valence-corrected chi connectivity index (χ1v) is 10.9. The van der Waals surface area contributed by atoms with E-state index in [1.165, 1.54) is 0 Å². The van der Waals surface area contributed by atoms with E-state index in [0.29, 0.717) is 12.5 Å². The fraction of sp³-hybridized carbons (Fsp3) is 1.00. The fourth-order valence-corrected chi connectivity index (χ4v) is 5.97. The molecule has 1 saturated carbocycles. The molecule has 4 aliphatic heterocycles. The Hall–Kier alpha value is -0.310. The summed E-state index contributed by atoms with van der Waals surface area (Å²) in [6, 6.07) is 0. The Kier molecular flexibility index (Phi) is 5.79. The SMILES string of the molecule is C[C@@H]1CC[C@H]2[C@@H](C)[C@@](CF)(OCCCCCO)O[C@@H]3O[C@]4(C)CCC1[C@]32OO4. The van der Waals surface area contributed by atoms with Gasteiger partial charge in [-0.3, -0.25) is 0 Å². The van der Waals surface area contributed by atoms with E-state index in [2.05, 4.69) is 6.92 Å². The molecular formula is C21H35FO6. The van der Waals surface area contributed by atoms with Gasteiger partial charge in [0, 0.05) is 24.9 Å². The molecule has 5 aliphatic rings. The Bertz CT molecular complexity index is 563. The average Bonchev–Trinajstić information content (AvgIpc) is 2.91. The number of rotatable bonds is 7. The molecule has 4 heterocycles. The smallest absolute Gasteiger partial charge is 0.202 e. The van der Waals surface area contributed by atoms with Crippen LogP contribution in [0, 0.1) is 23.7 Å². The van der Waals surface area contributed by atoms with Crippen molar-refractivity contribution in [1.82, 2.24) is 0 Å². The number of hydrogen-bond acceptors (Lipinski definition) is 6. The second-order valence-corrected chi connectivity index (χ2v) is 9.39. The van der Waals surface area contributed by atoms with Gasteiger partial charge in [0.2, 0.25) is 11.6 Å². The van der Waals surface area contributed by atoms with Gasteiger partial charge in [-0.2, -0.15) is 0 Å². The third-order valence-corrected chi connectivity index (χ3v) is 7.71. The van der Waals surface area contributed by atoms with Crippen LogP contribution in [-0.2, 0) is 24.0 Å². The number of aliphatic hydroxyl groups is 1. The van der Waals surface area contributed by atoms with Crippen LogP contribution in [0.25, 0.3) is 0 Å². The quantitative estimate of drug-likeness (QED) is 0.517. The molecule has 0 amide bonds. The molecule has 1 aliphatic carbocycles. The molecule has 0 radical (unpaired) electrons. The molecule has 0 aromatic heterocycles. The van der Waals surface area contributed by atoms with E-state index in [0.717, 1.165) is 44.9 Å². The van der Waals surface area contributed by atoms with Crippen molar-refractivity contribution in [3.63, 3.8) is 0 Å². The number of aliphatic hydroxyl groups excluding tert-OH is 1. The summed E-state index contributed by atoms with van der Waals surface area (Å²) in [6.45, 7) is 5.98. The summed E-state index contributed by atoms with van der Waals surface area (Å²) in [4.78, 5) is 11.9. The van der Waals surface area contributed by atoms with Crippen molar-refractivity contribution >= 4 is 0 Å². The predicted octanol–water partition coefficient (Wildman–Crippen LogP) is 3.71. The Morgan fingerprint density at radius 2 is 1.86 bits per heavy atom. The van der Waals surface area contributed by atoms with Gasteiger partial charge in [0.25, 0.3) is 0 Å². The zero-order chi connectivity index (χ0) is 20.0. The van der Waals surface area contributed by atoms with Crippen molar-refractivity contribution in [3.8, 4) is 0 Å². The molecule has 162 valence electrons. The maximum absolute atomic E-state index is 14.4. The molecule has 4 saturated heterocycles. The van der Waals surface area contributed by atoms with Gasteiger partial charge < -0.3 is 19.3 Å². The second-order valence-electron chi connectivity index (χ2n) is 9.39. The van der Waals surface area contributed by atoms with Crippen molar-refractivity contribution in [1.29, 1.82) is 0 Å². The van der Waals surface area contributed by atoms with Gasteiger partial charge in [-0.15, -0.1) is 0 Å². The van der Waals surface area contributed by atoms with Crippen LogP contribution in [0.4, 0.5) is 4.39 Å². The molecule has 5 fully saturated rings. The number of alkyl halides is 1. The first-order valence-electron chi connectivity index (χ1n) is 10.9. The summed E-state index contributed by atoms with van der Waals surface area (Å²) in [5.41, 5.74) is -0.702. The van der Waals surface area contributed by atoms with Crippen molar-refractivity contribution in [2.45, 2.75) is 89.2 Å². The predicted molar refractivity (Wildman–Crippen MR) is 98.6 cm³/mol. The van der Waals surface area contributed by atoms with Crippen LogP contribution in [0.3, 0.4) is 0 Å². The van der Waals surface area contributed by atoms with Gasteiger partial charge in [-0.25, -0.2) is 14.2 Å². The van der Waals surface area contributed by atoms with E-state index < -0.39 is 30.1 Å². The van der Waals surface area contributed by atoms with E-state index >= 15 is 0 Å². The van der Waals surface area contributed by atoms with Crippen LogP contribution in [0.1, 0.15) is 65.7 Å². The van der Waals surface area contributed by atoms with Gasteiger partial charge in [0.15, 0.2) is 11.9 Å². The highest BCUT2D eigenvalue weighted by atomic mass is 19.1. The highest BCUT2D eigenvalue weighted by Crippen LogP contribution is 2.62. The Labute approximate surface area is 166 Å². The second kappa shape index (κ2) is 7.75. The van der Waals surface area contributed by atoms with E-state index in [9.17, 15) is 4.39 Å². The molecule has 1 unspecified atom stereocenters. The molecular weight excluding hydrogens is 367 g/mol. The minimum Gasteiger partial charge on any atom is -0.396 e. The Balaban J connectivity index is 1.61. The molecule has 1 spiro atoms. The Morgan fingerprint density at radius 3 is 2.61 bits per heavy atom. The van der Waals surface area contributed by atoms with Crippen molar-refractivity contribution < 1.29 is 33.5 Å². The fourth-order valence-electron chi connectivity index (χ4n) is 5.97. The Morgan fingerprint density at radius 1 is 1.04 bits per heavy atom. The summed E-state index contributed by atoms with van der Waals surface area (Å²) in [7, 11) is 0. The van der Waals surface area contributed by atoms with E-state index in [4.69, 9.17) is 29.1 Å². The lowest BCUT2D eigenvalue weighted by atomic mass is 9.57. The zero-order valence-corrected chi connectivity index (χ0v) is 17.3. The molecule has 5 rings (SSSR count). The first-order chi connectivity index (χ1) is 13.4. The molecule has 8 atom stereocenters. The topological polar surface area (TPSA) is 66.4 Å². The lowest BCUT2D eigenvalue weighted by Gasteiger charge is -2.62. The van der Waals surface area contributed by atoms with Gasteiger partial charge in [0.05, 0.1) is 6.61 Å². The standard InChI is InChI=1S/C21H35FO6/c1-14-7-8-17-15(2)20(13-22,24-12-6-4-5-11-23)26-18-21(17)16(14)9-10-19(3,25-18)27-28-21/h14-18,23H,4-13H2,1-3H3/t14-,15-,16?,17+,18+,19+,20+,21-/m1/s1. The average molecular weight is 403 g/mol. The summed E-state index contributed by atoms with van der Waals surface area (Å²) >= 11 is 0. The zero-order valence-electron chi connectivity index (χ0n) is 17.3. The molecule has 7 heteroatoms. The maximum atomic E-state index is 14.4. The third kappa shape index (κ3) is 3.13. The van der Waals surface area contributed by atoms with E-state index in [1.54, 1.807) is 0 Å². The molecule has 28 heavy (non-hydrogen) atoms. The lowest BCUT2D eigenvalue weighted by molar-refractivity contribution is -0.587. The van der Waals surface area contributed by atoms with Crippen LogP contribution < -0.4 is 0 Å². The van der Waals surface area contributed by atoms with Crippen molar-refractivity contribution in [2.75, 3.05) is 19.9 Å². The van der Waals surface area contributed by atoms with Crippen LogP contribution in [0.15, 0.2) is 0 Å². The monoisotopic (exact) mass is 402 g/mol. The van der Waals surface area contributed by atoms with Crippen molar-refractivity contribution in [2.24, 2.45) is 23.7 Å². The molecule has 1 N–H and O–H groups in total. The van der Waals surface area contributed by atoms with E-state index in [1.807, 2.05) is 13.8 Å². The van der Waals surface area contributed by atoms with Crippen LogP contribution >= 0.6 is 0 Å². The minimum absolute atomic E-state index is 0.0447. The summed E-state index contributed by atoms with van der Waals surface area (Å²) in [5.74, 6) is -1.61. The summed E-state index contributed by atoms with van der Waals surface area (Å²) in [6.07, 6.45) is 5.30.